The summed E-state index contributed by atoms with van der Waals surface area (Å²) in [4.78, 5) is 26.2. The molecular formula is C39H32N8O4S. The molecule has 0 amide bonds. The van der Waals surface area contributed by atoms with E-state index in [0.29, 0.717) is 48.1 Å². The molecule has 5 heterocycles. The van der Waals surface area contributed by atoms with E-state index in [1.54, 1.807) is 24.0 Å². The number of nitrogens with zero attached hydrogens (tertiary/aromatic N) is 6. The molecular weight excluding hydrogens is 677 g/mol. The maximum absolute atomic E-state index is 5.66. The molecule has 0 spiro atoms. The van der Waals surface area contributed by atoms with E-state index in [2.05, 4.69) is 65.3 Å². The molecule has 0 saturated heterocycles. The van der Waals surface area contributed by atoms with Crippen LogP contribution in [0.1, 0.15) is 18.7 Å². The van der Waals surface area contributed by atoms with Crippen LogP contribution in [0.5, 0.6) is 11.5 Å². The predicted molar refractivity (Wildman–Crippen MR) is 200 cm³/mol. The van der Waals surface area contributed by atoms with E-state index in [4.69, 9.17) is 18.5 Å². The van der Waals surface area contributed by atoms with Gasteiger partial charge in [0.2, 0.25) is 11.6 Å². The molecule has 0 bridgehead atoms. The predicted octanol–water partition coefficient (Wildman–Crippen LogP) is 9.39. The molecule has 0 aliphatic carbocycles. The van der Waals surface area contributed by atoms with Crippen LogP contribution in [0.2, 0.25) is 0 Å². The largest absolute Gasteiger partial charge is 0.490 e. The van der Waals surface area contributed by atoms with E-state index in [1.807, 2.05) is 86.6 Å². The quantitative estimate of drug-likeness (QED) is 0.148. The van der Waals surface area contributed by atoms with Crippen LogP contribution in [0.3, 0.4) is 0 Å². The molecule has 12 nitrogen and oxygen atoms in total. The van der Waals surface area contributed by atoms with Crippen LogP contribution < -0.4 is 9.47 Å². The smallest absolute Gasteiger partial charge is 0.268 e. The van der Waals surface area contributed by atoms with E-state index < -0.39 is 0 Å². The van der Waals surface area contributed by atoms with E-state index in [-0.39, 0.29) is 0 Å². The van der Waals surface area contributed by atoms with Gasteiger partial charge in [-0.3, -0.25) is 0 Å². The zero-order chi connectivity index (χ0) is 35.4. The molecule has 0 saturated carbocycles. The number of aromatic nitrogens is 8. The lowest BCUT2D eigenvalue weighted by Crippen LogP contribution is -1.98. The van der Waals surface area contributed by atoms with Gasteiger partial charge >= 0.3 is 0 Å². The number of ether oxygens (including phenoxy) is 2. The summed E-state index contributed by atoms with van der Waals surface area (Å²) in [7, 11) is 0. The van der Waals surface area contributed by atoms with Gasteiger partial charge in [-0.2, -0.15) is 9.97 Å². The summed E-state index contributed by atoms with van der Waals surface area (Å²) in [6, 6.07) is 29.7. The van der Waals surface area contributed by atoms with Gasteiger partial charge in [-0.1, -0.05) is 52.8 Å². The molecule has 52 heavy (non-hydrogen) atoms. The number of aryl methyl sites for hydroxylation is 1. The van der Waals surface area contributed by atoms with E-state index >= 15 is 0 Å². The van der Waals surface area contributed by atoms with Crippen molar-refractivity contribution in [2.24, 2.45) is 0 Å². The lowest BCUT2D eigenvalue weighted by atomic mass is 10.1. The van der Waals surface area contributed by atoms with Crippen LogP contribution in [0.4, 0.5) is 0 Å². The van der Waals surface area contributed by atoms with Crippen molar-refractivity contribution >= 4 is 33.4 Å². The molecule has 0 radical (unpaired) electrons. The fourth-order valence-corrected chi connectivity index (χ4v) is 6.81. The first-order valence-corrected chi connectivity index (χ1v) is 17.5. The number of imidazole rings is 2. The Labute approximate surface area is 301 Å². The van der Waals surface area contributed by atoms with Crippen LogP contribution in [-0.4, -0.2) is 53.4 Å². The zero-order valence-electron chi connectivity index (χ0n) is 28.5. The van der Waals surface area contributed by atoms with E-state index in [9.17, 15) is 0 Å². The van der Waals surface area contributed by atoms with Gasteiger partial charge in [-0.25, -0.2) is 9.97 Å². The Hall–Kier alpha value is -6.60. The van der Waals surface area contributed by atoms with Gasteiger partial charge in [0.1, 0.15) is 0 Å². The number of thiophene rings is 1. The lowest BCUT2D eigenvalue weighted by Gasteiger charge is -2.11. The average Bonchev–Trinajstić information content (AvgIpc) is 4.03. The molecule has 13 heteroatoms. The number of H-pyrrole nitrogens is 2. The molecule has 9 rings (SSSR count). The van der Waals surface area contributed by atoms with Crippen molar-refractivity contribution < 1.29 is 18.5 Å². The second-order valence-electron chi connectivity index (χ2n) is 11.5. The first-order chi connectivity index (χ1) is 25.6. The molecule has 0 aliphatic rings. The molecule has 5 aromatic heterocycles. The van der Waals surface area contributed by atoms with Gasteiger partial charge in [-0.15, -0.1) is 11.3 Å². The third kappa shape index (κ3) is 6.40. The summed E-state index contributed by atoms with van der Waals surface area (Å²) in [6.07, 6.45) is 3.32. The SMILES string of the molecule is CCOc1ccc(-c2nc(-c3cccc4[nH]cnc34)no2)cc1OCC.Cc1sc(-c2nc(-c3cccc4[nH]cnc34)no2)cc1-c1ccccc1. The summed E-state index contributed by atoms with van der Waals surface area (Å²) in [5.74, 6) is 3.33. The first-order valence-electron chi connectivity index (χ1n) is 16.7. The number of rotatable bonds is 9. The number of fused-ring (bicyclic) bond motifs is 2. The topological polar surface area (TPSA) is 154 Å². The van der Waals surface area contributed by atoms with Crippen molar-refractivity contribution in [2.45, 2.75) is 20.8 Å². The second kappa shape index (κ2) is 14.3. The number of para-hydroxylation sites is 2. The molecule has 0 atom stereocenters. The van der Waals surface area contributed by atoms with E-state index in [1.165, 1.54) is 16.0 Å². The highest BCUT2D eigenvalue weighted by atomic mass is 32.1. The van der Waals surface area contributed by atoms with Crippen molar-refractivity contribution in [2.75, 3.05) is 13.2 Å². The summed E-state index contributed by atoms with van der Waals surface area (Å²) in [5.41, 5.74) is 8.35. The lowest BCUT2D eigenvalue weighted by molar-refractivity contribution is 0.288. The van der Waals surface area contributed by atoms with Gasteiger partial charge < -0.3 is 28.5 Å². The number of hydrogen-bond acceptors (Lipinski definition) is 11. The minimum absolute atomic E-state index is 0.413. The van der Waals surface area contributed by atoms with Crippen molar-refractivity contribution in [3.8, 4) is 67.6 Å². The fourth-order valence-electron chi connectivity index (χ4n) is 5.85. The molecule has 0 aliphatic heterocycles. The van der Waals surface area contributed by atoms with Crippen molar-refractivity contribution in [1.82, 2.24) is 40.2 Å². The highest BCUT2D eigenvalue weighted by Gasteiger charge is 2.18. The van der Waals surface area contributed by atoms with E-state index in [0.717, 1.165) is 43.6 Å². The van der Waals surface area contributed by atoms with Gasteiger partial charge in [-0.05, 0) is 80.4 Å². The van der Waals surface area contributed by atoms with Gasteiger partial charge in [0.25, 0.3) is 11.8 Å². The minimum atomic E-state index is 0.413. The van der Waals surface area contributed by atoms with Crippen LogP contribution >= 0.6 is 11.3 Å². The molecule has 0 fully saturated rings. The summed E-state index contributed by atoms with van der Waals surface area (Å²) in [5, 5.41) is 8.29. The van der Waals surface area contributed by atoms with Crippen LogP contribution in [0, 0.1) is 6.92 Å². The Morgan fingerprint density at radius 3 is 1.88 bits per heavy atom. The number of hydrogen-bond donors (Lipinski definition) is 2. The molecule has 258 valence electrons. The Morgan fingerprint density at radius 1 is 0.615 bits per heavy atom. The highest BCUT2D eigenvalue weighted by Crippen LogP contribution is 2.37. The Morgan fingerprint density at radius 2 is 1.23 bits per heavy atom. The van der Waals surface area contributed by atoms with Crippen molar-refractivity contribution in [3.63, 3.8) is 0 Å². The minimum Gasteiger partial charge on any atom is -0.490 e. The molecule has 2 N–H and O–H groups in total. The molecule has 9 aromatic rings. The van der Waals surface area contributed by atoms with Gasteiger partial charge in [0.05, 0.1) is 63.9 Å². The van der Waals surface area contributed by atoms with Gasteiger partial charge in [0.15, 0.2) is 11.5 Å². The summed E-state index contributed by atoms with van der Waals surface area (Å²) in [6.45, 7) is 7.08. The average molecular weight is 709 g/mol. The standard InChI is InChI=1S/C20H14N4OS.C19H18N4O3/c1-12-15(13-6-3-2-4-7-13)10-17(26-12)20-23-19(24-25-20)14-8-5-9-16-18(14)22-11-21-16;1-3-24-15-9-8-12(10-16(15)25-4-2)19-22-18(23-26-19)13-6-5-7-14-17(13)21-11-20-14/h2-11H,1H3,(H,21,22);5-11H,3-4H2,1-2H3,(H,20,21). The van der Waals surface area contributed by atoms with Crippen LogP contribution in [-0.2, 0) is 0 Å². The summed E-state index contributed by atoms with van der Waals surface area (Å²) >= 11 is 1.66. The monoisotopic (exact) mass is 708 g/mol. The fraction of sp³-hybridized carbons (Fsp3) is 0.128. The normalized spacial score (nSPS) is 11.1. The number of benzene rings is 4. The summed E-state index contributed by atoms with van der Waals surface area (Å²) < 4.78 is 22.3. The number of aromatic amines is 2. The maximum atomic E-state index is 5.66. The third-order valence-electron chi connectivity index (χ3n) is 8.24. The highest BCUT2D eigenvalue weighted by molar-refractivity contribution is 7.15. The third-order valence-corrected chi connectivity index (χ3v) is 9.28. The molecule has 0 unspecified atom stereocenters. The number of nitrogens with one attached hydrogen (secondary N) is 2. The van der Waals surface area contributed by atoms with Crippen molar-refractivity contribution in [1.29, 1.82) is 0 Å². The van der Waals surface area contributed by atoms with Crippen LogP contribution in [0.25, 0.3) is 78.2 Å². The Bertz CT molecular complexity index is 2600. The molecule has 4 aromatic carbocycles. The maximum Gasteiger partial charge on any atom is 0.268 e. The zero-order valence-corrected chi connectivity index (χ0v) is 29.3. The van der Waals surface area contributed by atoms with Gasteiger partial charge in [0, 0.05) is 10.4 Å². The Balaban J connectivity index is 0.000000149. The first kappa shape index (κ1) is 32.6. The van der Waals surface area contributed by atoms with Crippen LogP contribution in [0.15, 0.2) is 113 Å². The second-order valence-corrected chi connectivity index (χ2v) is 12.8. The Kier molecular flexibility index (Phi) is 8.98. The van der Waals surface area contributed by atoms with Crippen molar-refractivity contribution in [3.05, 3.63) is 109 Å².